The van der Waals surface area contributed by atoms with E-state index in [2.05, 4.69) is 5.16 Å². The molecule has 0 aromatic heterocycles. The Labute approximate surface area is 124 Å². The molecule has 0 aliphatic carbocycles. The molecule has 0 spiro atoms. The van der Waals surface area contributed by atoms with Crippen LogP contribution in [0.3, 0.4) is 0 Å². The molecule has 1 aromatic carbocycles. The lowest BCUT2D eigenvalue weighted by Gasteiger charge is -2.13. The molecule has 6 nitrogen and oxygen atoms in total. The highest BCUT2D eigenvalue weighted by Gasteiger charge is 2.38. The summed E-state index contributed by atoms with van der Waals surface area (Å²) >= 11 is 0. The van der Waals surface area contributed by atoms with Crippen molar-refractivity contribution >= 4 is 12.1 Å². The van der Waals surface area contributed by atoms with Gasteiger partial charge in [-0.1, -0.05) is 5.16 Å². The molecular formula is C13H15F3N2O4. The smallest absolute Gasteiger partial charge is 0.471 e. The molecule has 122 valence electrons. The van der Waals surface area contributed by atoms with E-state index in [1.807, 2.05) is 0 Å². The maximum Gasteiger partial charge on any atom is 0.471 e. The minimum absolute atomic E-state index is 0.109. The molecule has 0 saturated heterocycles. The van der Waals surface area contributed by atoms with Crippen LogP contribution in [-0.4, -0.2) is 44.3 Å². The monoisotopic (exact) mass is 320 g/mol. The molecule has 0 bridgehead atoms. The van der Waals surface area contributed by atoms with Gasteiger partial charge in [0.1, 0.15) is 11.5 Å². The SMILES string of the molecule is COc1cc(CCNC(=O)C(F)(F)F)c(OC)cc1/C=N/O. The van der Waals surface area contributed by atoms with Crippen molar-refractivity contribution in [2.45, 2.75) is 12.6 Å². The molecule has 0 unspecified atom stereocenters. The van der Waals surface area contributed by atoms with Crippen LogP contribution in [0.15, 0.2) is 17.3 Å². The van der Waals surface area contributed by atoms with Gasteiger partial charge in [0.15, 0.2) is 0 Å². The Bertz CT molecular complexity index is 559. The van der Waals surface area contributed by atoms with Crippen molar-refractivity contribution in [2.24, 2.45) is 5.16 Å². The predicted molar refractivity (Wildman–Crippen MR) is 71.7 cm³/mol. The molecule has 0 saturated carbocycles. The minimum atomic E-state index is -4.91. The summed E-state index contributed by atoms with van der Waals surface area (Å²) in [6.07, 6.45) is -3.67. The first kappa shape index (κ1) is 17.6. The zero-order valence-corrected chi connectivity index (χ0v) is 11.9. The fraction of sp³-hybridized carbons (Fsp3) is 0.385. The van der Waals surface area contributed by atoms with E-state index in [1.54, 1.807) is 5.32 Å². The normalized spacial score (nSPS) is 11.5. The van der Waals surface area contributed by atoms with Gasteiger partial charge in [0.05, 0.1) is 20.4 Å². The van der Waals surface area contributed by atoms with Crippen LogP contribution in [0.5, 0.6) is 11.5 Å². The third-order valence-electron chi connectivity index (χ3n) is 2.77. The highest BCUT2D eigenvalue weighted by molar-refractivity contribution is 5.84. The van der Waals surface area contributed by atoms with E-state index < -0.39 is 12.1 Å². The van der Waals surface area contributed by atoms with E-state index in [-0.39, 0.29) is 13.0 Å². The van der Waals surface area contributed by atoms with E-state index in [1.165, 1.54) is 26.4 Å². The molecule has 0 radical (unpaired) electrons. The van der Waals surface area contributed by atoms with Crippen molar-refractivity contribution in [3.8, 4) is 11.5 Å². The number of benzene rings is 1. The summed E-state index contributed by atoms with van der Waals surface area (Å²) in [5, 5.41) is 13.2. The summed E-state index contributed by atoms with van der Waals surface area (Å²) in [6.45, 7) is -0.217. The zero-order chi connectivity index (χ0) is 16.8. The van der Waals surface area contributed by atoms with Gasteiger partial charge in [0.2, 0.25) is 0 Å². The molecule has 22 heavy (non-hydrogen) atoms. The van der Waals surface area contributed by atoms with Crippen molar-refractivity contribution in [3.05, 3.63) is 23.3 Å². The molecule has 1 aromatic rings. The minimum Gasteiger partial charge on any atom is -0.496 e. The van der Waals surface area contributed by atoms with Crippen LogP contribution in [0, 0.1) is 0 Å². The number of halogens is 3. The number of nitrogens with zero attached hydrogens (tertiary/aromatic N) is 1. The summed E-state index contributed by atoms with van der Waals surface area (Å²) in [5.74, 6) is -1.27. The van der Waals surface area contributed by atoms with Crippen molar-refractivity contribution in [1.29, 1.82) is 0 Å². The van der Waals surface area contributed by atoms with E-state index in [4.69, 9.17) is 14.7 Å². The molecular weight excluding hydrogens is 305 g/mol. The number of methoxy groups -OCH3 is 2. The van der Waals surface area contributed by atoms with Crippen LogP contribution in [0.25, 0.3) is 0 Å². The maximum absolute atomic E-state index is 12.1. The number of rotatable bonds is 6. The fourth-order valence-corrected chi connectivity index (χ4v) is 1.75. The largest absolute Gasteiger partial charge is 0.496 e. The van der Waals surface area contributed by atoms with E-state index in [9.17, 15) is 18.0 Å². The third-order valence-corrected chi connectivity index (χ3v) is 2.77. The van der Waals surface area contributed by atoms with E-state index >= 15 is 0 Å². The van der Waals surface area contributed by atoms with Gasteiger partial charge in [0.25, 0.3) is 0 Å². The molecule has 0 aliphatic rings. The van der Waals surface area contributed by atoms with Crippen LogP contribution in [0.2, 0.25) is 0 Å². The molecule has 0 fully saturated rings. The van der Waals surface area contributed by atoms with Gasteiger partial charge >= 0.3 is 12.1 Å². The lowest BCUT2D eigenvalue weighted by Crippen LogP contribution is -2.37. The van der Waals surface area contributed by atoms with Crippen molar-refractivity contribution in [3.63, 3.8) is 0 Å². The van der Waals surface area contributed by atoms with Crippen LogP contribution < -0.4 is 14.8 Å². The van der Waals surface area contributed by atoms with Gasteiger partial charge in [-0.3, -0.25) is 4.79 Å². The second kappa shape index (κ2) is 7.53. The van der Waals surface area contributed by atoms with Gasteiger partial charge in [0, 0.05) is 12.1 Å². The number of hydrogen-bond acceptors (Lipinski definition) is 5. The Hall–Kier alpha value is -2.45. The molecule has 0 heterocycles. The first-order valence-corrected chi connectivity index (χ1v) is 6.10. The van der Waals surface area contributed by atoms with Crippen molar-refractivity contribution < 1.29 is 32.6 Å². The number of oxime groups is 1. The molecule has 9 heteroatoms. The number of alkyl halides is 3. The summed E-state index contributed by atoms with van der Waals surface area (Å²) in [7, 11) is 2.78. The Morgan fingerprint density at radius 2 is 1.95 bits per heavy atom. The Morgan fingerprint density at radius 1 is 1.32 bits per heavy atom. The summed E-state index contributed by atoms with van der Waals surface area (Å²) in [6, 6.07) is 3.05. The molecule has 1 rings (SSSR count). The summed E-state index contributed by atoms with van der Waals surface area (Å²) in [4.78, 5) is 10.7. The fourth-order valence-electron chi connectivity index (χ4n) is 1.75. The van der Waals surface area contributed by atoms with Gasteiger partial charge in [-0.15, -0.1) is 0 Å². The van der Waals surface area contributed by atoms with Crippen LogP contribution in [0.4, 0.5) is 13.2 Å². The highest BCUT2D eigenvalue weighted by Crippen LogP contribution is 2.28. The summed E-state index contributed by atoms with van der Waals surface area (Å²) < 4.78 is 46.5. The number of ether oxygens (including phenoxy) is 2. The predicted octanol–water partition coefficient (Wildman–Crippen LogP) is 1.73. The van der Waals surface area contributed by atoms with Gasteiger partial charge < -0.3 is 20.0 Å². The second-order valence-electron chi connectivity index (χ2n) is 4.15. The molecule has 0 aliphatic heterocycles. The third kappa shape index (κ3) is 4.54. The number of amides is 1. The second-order valence-corrected chi connectivity index (χ2v) is 4.15. The first-order valence-electron chi connectivity index (χ1n) is 6.10. The Morgan fingerprint density at radius 3 is 2.45 bits per heavy atom. The van der Waals surface area contributed by atoms with E-state index in [0.717, 1.165) is 6.21 Å². The molecule has 0 atom stereocenters. The quantitative estimate of drug-likeness (QED) is 0.475. The number of nitrogens with one attached hydrogen (secondary N) is 1. The van der Waals surface area contributed by atoms with Gasteiger partial charge in [-0.05, 0) is 24.1 Å². The van der Waals surface area contributed by atoms with Crippen LogP contribution in [0.1, 0.15) is 11.1 Å². The maximum atomic E-state index is 12.1. The number of carbonyl (C=O) groups excluding carboxylic acids is 1. The summed E-state index contributed by atoms with van der Waals surface area (Å²) in [5.41, 5.74) is 0.974. The van der Waals surface area contributed by atoms with Gasteiger partial charge in [-0.2, -0.15) is 13.2 Å². The highest BCUT2D eigenvalue weighted by atomic mass is 19.4. The van der Waals surface area contributed by atoms with Gasteiger partial charge in [-0.25, -0.2) is 0 Å². The van der Waals surface area contributed by atoms with E-state index in [0.29, 0.717) is 22.6 Å². The lowest BCUT2D eigenvalue weighted by atomic mass is 10.1. The van der Waals surface area contributed by atoms with Crippen molar-refractivity contribution in [2.75, 3.05) is 20.8 Å². The molecule has 2 N–H and O–H groups in total. The standard InChI is InChI=1S/C13H15F3N2O4/c1-21-10-6-9(7-18-20)11(22-2)5-8(10)3-4-17-12(19)13(14,15)16/h5-7,20H,3-4H2,1-2H3,(H,17,19)/b18-7+. The average molecular weight is 320 g/mol. The number of hydrogen-bond donors (Lipinski definition) is 2. The number of carbonyl (C=O) groups is 1. The molecule has 1 amide bonds. The average Bonchev–Trinajstić information content (AvgIpc) is 2.47. The Kier molecular flexibility index (Phi) is 6.02. The van der Waals surface area contributed by atoms with Crippen LogP contribution in [-0.2, 0) is 11.2 Å². The van der Waals surface area contributed by atoms with Crippen molar-refractivity contribution in [1.82, 2.24) is 5.32 Å². The zero-order valence-electron chi connectivity index (χ0n) is 11.9. The Balaban J connectivity index is 2.88. The topological polar surface area (TPSA) is 80.2 Å². The lowest BCUT2D eigenvalue weighted by molar-refractivity contribution is -0.173. The first-order chi connectivity index (χ1) is 10.3. The van der Waals surface area contributed by atoms with Crippen LogP contribution >= 0.6 is 0 Å².